The number of carbonyl (C=O) groups is 1. The second-order valence-corrected chi connectivity index (χ2v) is 7.41. The van der Waals surface area contributed by atoms with Gasteiger partial charge in [0.2, 0.25) is 0 Å². The molecule has 0 spiro atoms. The number of hydrogen-bond acceptors (Lipinski definition) is 2. The maximum Gasteiger partial charge on any atom is 0.317 e. The molecule has 0 aromatic carbocycles. The Morgan fingerprint density at radius 3 is 2.65 bits per heavy atom. The van der Waals surface area contributed by atoms with E-state index >= 15 is 0 Å². The minimum absolute atomic E-state index is 0.0462. The van der Waals surface area contributed by atoms with E-state index in [9.17, 15) is 9.90 Å². The third-order valence-corrected chi connectivity index (χ3v) is 4.19. The molecule has 0 radical (unpaired) electrons. The number of nitrogens with one attached hydrogen (secondary N) is 1. The van der Waals surface area contributed by atoms with Crippen LogP contribution in [0.2, 0.25) is 0 Å². The van der Waals surface area contributed by atoms with Crippen molar-refractivity contribution in [3.05, 3.63) is 0 Å². The van der Waals surface area contributed by atoms with Crippen LogP contribution in [0.3, 0.4) is 0 Å². The van der Waals surface area contributed by atoms with Crippen LogP contribution in [0.15, 0.2) is 0 Å². The fourth-order valence-electron chi connectivity index (χ4n) is 3.10. The summed E-state index contributed by atoms with van der Waals surface area (Å²) in [5.41, 5.74) is -0.0788. The predicted octanol–water partition coefficient (Wildman–Crippen LogP) is 3.00. The minimum Gasteiger partial charge on any atom is -0.393 e. The molecule has 1 heterocycles. The van der Waals surface area contributed by atoms with Crippen molar-refractivity contribution in [1.29, 1.82) is 0 Å². The van der Waals surface area contributed by atoms with Crippen molar-refractivity contribution in [2.75, 3.05) is 13.1 Å². The Morgan fingerprint density at radius 2 is 2.05 bits per heavy atom. The van der Waals surface area contributed by atoms with Crippen LogP contribution in [0.1, 0.15) is 60.3 Å². The Bertz CT molecular complexity index is 316. The van der Waals surface area contributed by atoms with Gasteiger partial charge in [-0.15, -0.1) is 0 Å². The molecular formula is C16H32N2O2. The molecule has 1 aliphatic heterocycles. The van der Waals surface area contributed by atoms with Crippen molar-refractivity contribution in [3.8, 4) is 0 Å². The van der Waals surface area contributed by atoms with Gasteiger partial charge in [-0.05, 0) is 44.4 Å². The average Bonchev–Trinajstić information content (AvgIpc) is 2.47. The summed E-state index contributed by atoms with van der Waals surface area (Å²) in [7, 11) is 0. The topological polar surface area (TPSA) is 52.6 Å². The number of aliphatic hydroxyl groups excluding tert-OH is 1. The zero-order valence-electron chi connectivity index (χ0n) is 13.8. The fourth-order valence-corrected chi connectivity index (χ4v) is 3.10. The third-order valence-electron chi connectivity index (χ3n) is 4.19. The molecule has 0 bridgehead atoms. The summed E-state index contributed by atoms with van der Waals surface area (Å²) in [6.07, 6.45) is 3.87. The van der Waals surface area contributed by atoms with E-state index in [4.69, 9.17) is 0 Å². The van der Waals surface area contributed by atoms with E-state index in [-0.39, 0.29) is 17.6 Å². The first-order chi connectivity index (χ1) is 9.21. The van der Waals surface area contributed by atoms with Crippen molar-refractivity contribution in [1.82, 2.24) is 10.2 Å². The highest BCUT2D eigenvalue weighted by atomic mass is 16.3. The molecule has 4 nitrogen and oxygen atoms in total. The Hall–Kier alpha value is -0.770. The Kier molecular flexibility index (Phi) is 6.31. The molecule has 1 fully saturated rings. The van der Waals surface area contributed by atoms with Crippen LogP contribution in [-0.2, 0) is 0 Å². The SMILES string of the molecule is C[C@@H]1CCC[C@@H](C)N(C(=O)NCC(C)(C)C[C@H](C)O)C1. The van der Waals surface area contributed by atoms with Gasteiger partial charge in [0.05, 0.1) is 6.10 Å². The van der Waals surface area contributed by atoms with Crippen LogP contribution < -0.4 is 5.32 Å². The second kappa shape index (κ2) is 7.30. The molecule has 1 saturated heterocycles. The van der Waals surface area contributed by atoms with Gasteiger partial charge in [0, 0.05) is 19.1 Å². The molecule has 0 aromatic rings. The number of aliphatic hydroxyl groups is 1. The maximum atomic E-state index is 12.4. The quantitative estimate of drug-likeness (QED) is 0.834. The first kappa shape index (κ1) is 17.3. The number of amides is 2. The summed E-state index contributed by atoms with van der Waals surface area (Å²) in [5.74, 6) is 0.580. The molecule has 0 unspecified atom stereocenters. The van der Waals surface area contributed by atoms with E-state index in [0.29, 0.717) is 24.9 Å². The zero-order valence-corrected chi connectivity index (χ0v) is 13.8. The van der Waals surface area contributed by atoms with Gasteiger partial charge in [-0.25, -0.2) is 4.79 Å². The van der Waals surface area contributed by atoms with Crippen LogP contribution in [0, 0.1) is 11.3 Å². The molecular weight excluding hydrogens is 252 g/mol. The summed E-state index contributed by atoms with van der Waals surface area (Å²) >= 11 is 0. The molecule has 3 atom stereocenters. The van der Waals surface area contributed by atoms with E-state index in [0.717, 1.165) is 13.0 Å². The molecule has 1 aliphatic rings. The summed E-state index contributed by atoms with van der Waals surface area (Å²) in [6, 6.07) is 0.366. The van der Waals surface area contributed by atoms with Gasteiger partial charge in [0.1, 0.15) is 0 Å². The number of nitrogens with zero attached hydrogens (tertiary/aromatic N) is 1. The molecule has 4 heteroatoms. The molecule has 118 valence electrons. The Balaban J connectivity index is 2.52. The van der Waals surface area contributed by atoms with Crippen LogP contribution in [0.4, 0.5) is 4.79 Å². The van der Waals surface area contributed by atoms with Crippen molar-refractivity contribution < 1.29 is 9.90 Å². The van der Waals surface area contributed by atoms with E-state index in [1.54, 1.807) is 6.92 Å². The number of likely N-dealkylation sites (tertiary alicyclic amines) is 1. The van der Waals surface area contributed by atoms with E-state index in [1.165, 1.54) is 12.8 Å². The van der Waals surface area contributed by atoms with Gasteiger partial charge < -0.3 is 15.3 Å². The minimum atomic E-state index is -0.334. The zero-order chi connectivity index (χ0) is 15.3. The highest BCUT2D eigenvalue weighted by Crippen LogP contribution is 2.23. The normalized spacial score (nSPS) is 26.0. The van der Waals surface area contributed by atoms with E-state index in [2.05, 4.69) is 33.0 Å². The third kappa shape index (κ3) is 5.70. The molecule has 20 heavy (non-hydrogen) atoms. The molecule has 0 aliphatic carbocycles. The summed E-state index contributed by atoms with van der Waals surface area (Å²) < 4.78 is 0. The summed E-state index contributed by atoms with van der Waals surface area (Å²) in [6.45, 7) is 11.8. The number of carbonyl (C=O) groups excluding carboxylic acids is 1. The lowest BCUT2D eigenvalue weighted by Crippen LogP contribution is -2.48. The molecule has 1 rings (SSSR count). The van der Waals surface area contributed by atoms with Crippen molar-refractivity contribution in [3.63, 3.8) is 0 Å². The maximum absolute atomic E-state index is 12.4. The number of hydrogen-bond donors (Lipinski definition) is 2. The smallest absolute Gasteiger partial charge is 0.317 e. The predicted molar refractivity (Wildman–Crippen MR) is 82.7 cm³/mol. The standard InChI is InChI=1S/C16H32N2O2/c1-12-7-6-8-13(2)18(10-12)15(20)17-11-16(4,5)9-14(3)19/h12-14,19H,6-11H2,1-5H3,(H,17,20)/t12-,13-,14+/m1/s1. The molecule has 0 saturated carbocycles. The van der Waals surface area contributed by atoms with Gasteiger partial charge in [0.25, 0.3) is 0 Å². The van der Waals surface area contributed by atoms with E-state index < -0.39 is 0 Å². The second-order valence-electron chi connectivity index (χ2n) is 7.41. The van der Waals surface area contributed by atoms with Gasteiger partial charge in [0.15, 0.2) is 0 Å². The van der Waals surface area contributed by atoms with Crippen LogP contribution >= 0.6 is 0 Å². The van der Waals surface area contributed by atoms with Crippen molar-refractivity contribution in [2.24, 2.45) is 11.3 Å². The van der Waals surface area contributed by atoms with Gasteiger partial charge in [-0.2, -0.15) is 0 Å². The first-order valence-corrected chi connectivity index (χ1v) is 7.94. The number of urea groups is 1. The summed E-state index contributed by atoms with van der Waals surface area (Å²) in [5, 5.41) is 12.5. The van der Waals surface area contributed by atoms with Gasteiger partial charge in [-0.1, -0.05) is 27.2 Å². The first-order valence-electron chi connectivity index (χ1n) is 7.94. The lowest BCUT2D eigenvalue weighted by molar-refractivity contribution is 0.124. The van der Waals surface area contributed by atoms with Gasteiger partial charge in [-0.3, -0.25) is 0 Å². The van der Waals surface area contributed by atoms with Crippen LogP contribution in [0.25, 0.3) is 0 Å². The van der Waals surface area contributed by atoms with Gasteiger partial charge >= 0.3 is 6.03 Å². The van der Waals surface area contributed by atoms with Crippen LogP contribution in [0.5, 0.6) is 0 Å². The lowest BCUT2D eigenvalue weighted by atomic mass is 9.87. The largest absolute Gasteiger partial charge is 0.393 e. The number of rotatable bonds is 4. The Labute approximate surface area is 123 Å². The highest BCUT2D eigenvalue weighted by molar-refractivity contribution is 5.74. The molecule has 2 N–H and O–H groups in total. The molecule has 0 aromatic heterocycles. The van der Waals surface area contributed by atoms with E-state index in [1.807, 2.05) is 4.90 Å². The monoisotopic (exact) mass is 284 g/mol. The van der Waals surface area contributed by atoms with Crippen molar-refractivity contribution in [2.45, 2.75) is 72.4 Å². The fraction of sp³-hybridized carbons (Fsp3) is 0.938. The van der Waals surface area contributed by atoms with Crippen molar-refractivity contribution >= 4 is 6.03 Å². The highest BCUT2D eigenvalue weighted by Gasteiger charge is 2.27. The average molecular weight is 284 g/mol. The summed E-state index contributed by atoms with van der Waals surface area (Å²) in [4.78, 5) is 14.4. The molecule has 2 amide bonds. The van der Waals surface area contributed by atoms with Crippen LogP contribution in [-0.4, -0.2) is 41.3 Å². The Morgan fingerprint density at radius 1 is 1.40 bits per heavy atom. The lowest BCUT2D eigenvalue weighted by Gasteiger charge is -2.32.